The summed E-state index contributed by atoms with van der Waals surface area (Å²) in [5.41, 5.74) is 0.725. The van der Waals surface area contributed by atoms with E-state index in [0.29, 0.717) is 16.3 Å². The van der Waals surface area contributed by atoms with Gasteiger partial charge in [-0.15, -0.1) is 11.3 Å². The summed E-state index contributed by atoms with van der Waals surface area (Å²) in [6, 6.07) is 8.85. The quantitative estimate of drug-likeness (QED) is 0.466. The molecule has 0 atom stereocenters. The van der Waals surface area contributed by atoms with Crippen LogP contribution in [0.5, 0.6) is 0 Å². The summed E-state index contributed by atoms with van der Waals surface area (Å²) >= 11 is 1.20. The highest BCUT2D eigenvalue weighted by molar-refractivity contribution is 7.20. The highest BCUT2D eigenvalue weighted by Crippen LogP contribution is 2.31. The number of aromatic nitrogens is 4. The number of thiophene rings is 1. The maximum atomic E-state index is 13.2. The average Bonchev–Trinajstić information content (AvgIpc) is 3.29. The van der Waals surface area contributed by atoms with Crippen molar-refractivity contribution >= 4 is 27.5 Å². The van der Waals surface area contributed by atoms with Crippen LogP contribution in [-0.4, -0.2) is 24.9 Å². The number of hydrogen-bond donors (Lipinski definition) is 0. The Balaban J connectivity index is 1.62. The first-order chi connectivity index (χ1) is 14.3. The van der Waals surface area contributed by atoms with Crippen molar-refractivity contribution in [3.8, 4) is 5.69 Å². The molecule has 3 heterocycles. The standard InChI is InChI=1S/C20H17FN4O4S/c1-11-15-9-16(30-18(15)25(22-11)13-6-4-12(21)5-7-13)19(27)29-10-14-8-17(26)24(3)20(28)23(14)2/h4-9H,10H2,1-3H3. The lowest BCUT2D eigenvalue weighted by atomic mass is 10.3. The van der Waals surface area contributed by atoms with Gasteiger partial charge in [-0.2, -0.15) is 5.10 Å². The number of carbonyl (C=O) groups is 1. The number of aryl methyl sites for hydroxylation is 1. The zero-order chi connectivity index (χ0) is 21.6. The molecule has 0 saturated carbocycles. The van der Waals surface area contributed by atoms with Crippen LogP contribution in [0.3, 0.4) is 0 Å². The molecule has 30 heavy (non-hydrogen) atoms. The molecule has 8 nitrogen and oxygen atoms in total. The summed E-state index contributed by atoms with van der Waals surface area (Å²) in [4.78, 5) is 37.5. The molecule has 0 unspecified atom stereocenters. The first-order valence-corrected chi connectivity index (χ1v) is 9.76. The number of nitrogens with zero attached hydrogens (tertiary/aromatic N) is 4. The Hall–Kier alpha value is -3.53. The molecule has 0 saturated heterocycles. The van der Waals surface area contributed by atoms with E-state index in [9.17, 15) is 18.8 Å². The summed E-state index contributed by atoms with van der Waals surface area (Å²) in [6.45, 7) is 1.61. The van der Waals surface area contributed by atoms with Crippen molar-refractivity contribution in [2.45, 2.75) is 13.5 Å². The minimum atomic E-state index is -0.575. The molecule has 0 amide bonds. The van der Waals surface area contributed by atoms with Crippen LogP contribution in [0.2, 0.25) is 0 Å². The molecule has 0 bridgehead atoms. The van der Waals surface area contributed by atoms with Crippen LogP contribution in [0, 0.1) is 12.7 Å². The van der Waals surface area contributed by atoms with Crippen molar-refractivity contribution in [3.63, 3.8) is 0 Å². The molecule has 154 valence electrons. The fourth-order valence-electron chi connectivity index (χ4n) is 3.03. The van der Waals surface area contributed by atoms with Gasteiger partial charge in [-0.1, -0.05) is 0 Å². The van der Waals surface area contributed by atoms with Gasteiger partial charge in [0.2, 0.25) is 0 Å². The molecule has 3 aromatic heterocycles. The fourth-order valence-corrected chi connectivity index (χ4v) is 4.11. The number of rotatable bonds is 4. The summed E-state index contributed by atoms with van der Waals surface area (Å²) in [6.07, 6.45) is 0. The molecule has 4 rings (SSSR count). The largest absolute Gasteiger partial charge is 0.455 e. The lowest BCUT2D eigenvalue weighted by molar-refractivity contribution is 0.0468. The Bertz CT molecular complexity index is 1400. The van der Waals surface area contributed by atoms with E-state index in [2.05, 4.69) is 5.10 Å². The van der Waals surface area contributed by atoms with Crippen LogP contribution in [0.1, 0.15) is 21.1 Å². The Kier molecular flexibility index (Phi) is 4.86. The minimum Gasteiger partial charge on any atom is -0.455 e. The van der Waals surface area contributed by atoms with E-state index in [1.54, 1.807) is 22.9 Å². The van der Waals surface area contributed by atoms with Crippen LogP contribution in [0.4, 0.5) is 4.39 Å². The second kappa shape index (κ2) is 7.38. The van der Waals surface area contributed by atoms with E-state index in [1.165, 1.54) is 48.2 Å². The first kappa shape index (κ1) is 19.8. The Labute approximate surface area is 173 Å². The second-order valence-corrected chi connectivity index (χ2v) is 7.78. The van der Waals surface area contributed by atoms with Crippen molar-refractivity contribution < 1.29 is 13.9 Å². The van der Waals surface area contributed by atoms with E-state index in [4.69, 9.17) is 4.74 Å². The topological polar surface area (TPSA) is 88.1 Å². The molecular formula is C20H17FN4O4S. The van der Waals surface area contributed by atoms with Crippen molar-refractivity contribution in [3.05, 3.63) is 79.3 Å². The predicted octanol–water partition coefficient (Wildman–Crippen LogP) is 2.29. The Morgan fingerprint density at radius 3 is 2.53 bits per heavy atom. The monoisotopic (exact) mass is 428 g/mol. The summed E-state index contributed by atoms with van der Waals surface area (Å²) < 4.78 is 22.4. The average molecular weight is 428 g/mol. The minimum absolute atomic E-state index is 0.210. The molecular weight excluding hydrogens is 411 g/mol. The van der Waals surface area contributed by atoms with Gasteiger partial charge >= 0.3 is 11.7 Å². The predicted molar refractivity (Wildman–Crippen MR) is 110 cm³/mol. The van der Waals surface area contributed by atoms with Crippen molar-refractivity contribution in [1.29, 1.82) is 0 Å². The number of esters is 1. The highest BCUT2D eigenvalue weighted by Gasteiger charge is 2.19. The molecule has 10 heteroatoms. The van der Waals surface area contributed by atoms with Crippen molar-refractivity contribution in [2.24, 2.45) is 14.1 Å². The maximum absolute atomic E-state index is 13.2. The number of benzene rings is 1. The van der Waals surface area contributed by atoms with Crippen molar-refractivity contribution in [2.75, 3.05) is 0 Å². The van der Waals surface area contributed by atoms with E-state index < -0.39 is 17.2 Å². The summed E-state index contributed by atoms with van der Waals surface area (Å²) in [7, 11) is 2.88. The zero-order valence-corrected chi connectivity index (χ0v) is 17.2. The first-order valence-electron chi connectivity index (χ1n) is 8.94. The lowest BCUT2D eigenvalue weighted by Gasteiger charge is -2.09. The van der Waals surface area contributed by atoms with Gasteiger partial charge < -0.3 is 4.74 Å². The molecule has 0 radical (unpaired) electrons. The maximum Gasteiger partial charge on any atom is 0.348 e. The fraction of sp³-hybridized carbons (Fsp3) is 0.200. The summed E-state index contributed by atoms with van der Waals surface area (Å²) in [5, 5.41) is 5.25. The summed E-state index contributed by atoms with van der Waals surface area (Å²) in [5.74, 6) is -0.922. The third-order valence-corrected chi connectivity index (χ3v) is 5.88. The lowest BCUT2D eigenvalue weighted by Crippen LogP contribution is -2.38. The van der Waals surface area contributed by atoms with Gasteiger partial charge in [0.05, 0.1) is 17.1 Å². The van der Waals surface area contributed by atoms with E-state index in [1.807, 2.05) is 6.92 Å². The third kappa shape index (κ3) is 3.35. The normalized spacial score (nSPS) is 11.2. The molecule has 0 fully saturated rings. The molecule has 0 spiro atoms. The molecule has 0 aliphatic rings. The van der Waals surface area contributed by atoms with Crippen LogP contribution in [-0.2, 0) is 25.4 Å². The molecule has 0 aliphatic heterocycles. The SMILES string of the molecule is Cc1nn(-c2ccc(F)cc2)c2sc(C(=O)OCc3cc(=O)n(C)c(=O)n3C)cc12. The Morgan fingerprint density at radius 1 is 1.13 bits per heavy atom. The van der Waals surface area contributed by atoms with Gasteiger partial charge in [0, 0.05) is 25.5 Å². The van der Waals surface area contributed by atoms with Crippen LogP contribution < -0.4 is 11.2 Å². The van der Waals surface area contributed by atoms with Crippen LogP contribution in [0.25, 0.3) is 15.9 Å². The number of carbonyl (C=O) groups excluding carboxylic acids is 1. The van der Waals surface area contributed by atoms with Gasteiger partial charge in [0.15, 0.2) is 0 Å². The number of hydrogen-bond acceptors (Lipinski definition) is 6. The van der Waals surface area contributed by atoms with Gasteiger partial charge in [-0.05, 0) is 37.3 Å². The van der Waals surface area contributed by atoms with Gasteiger partial charge in [0.1, 0.15) is 22.1 Å². The highest BCUT2D eigenvalue weighted by atomic mass is 32.1. The molecule has 1 aromatic carbocycles. The van der Waals surface area contributed by atoms with Gasteiger partial charge in [-0.3, -0.25) is 13.9 Å². The van der Waals surface area contributed by atoms with Crippen molar-refractivity contribution in [1.82, 2.24) is 18.9 Å². The molecule has 0 N–H and O–H groups in total. The van der Waals surface area contributed by atoms with E-state index in [0.717, 1.165) is 20.5 Å². The number of fused-ring (bicyclic) bond motifs is 1. The smallest absolute Gasteiger partial charge is 0.348 e. The van der Waals surface area contributed by atoms with Gasteiger partial charge in [0.25, 0.3) is 5.56 Å². The zero-order valence-electron chi connectivity index (χ0n) is 16.4. The molecule has 0 aliphatic carbocycles. The van der Waals surface area contributed by atoms with Crippen LogP contribution in [0.15, 0.2) is 46.0 Å². The Morgan fingerprint density at radius 2 is 1.83 bits per heavy atom. The second-order valence-electron chi connectivity index (χ2n) is 6.75. The third-order valence-electron chi connectivity index (χ3n) is 4.79. The van der Waals surface area contributed by atoms with E-state index in [-0.39, 0.29) is 12.4 Å². The van der Waals surface area contributed by atoms with Crippen LogP contribution >= 0.6 is 11.3 Å². The number of halogens is 1. The van der Waals surface area contributed by atoms with Gasteiger partial charge in [-0.25, -0.2) is 18.7 Å². The number of ether oxygens (including phenoxy) is 1. The molecule has 4 aromatic rings. The van der Waals surface area contributed by atoms with E-state index >= 15 is 0 Å².